The number of hydrogen-bond acceptors (Lipinski definition) is 12. The maximum Gasteiger partial charge on any atom is 0.407 e. The molecule has 228 valence electrons. The van der Waals surface area contributed by atoms with Gasteiger partial charge in [-0.15, -0.1) is 0 Å². The summed E-state index contributed by atoms with van der Waals surface area (Å²) in [5.74, 6) is 0.960. The number of nitriles is 1. The van der Waals surface area contributed by atoms with Crippen molar-refractivity contribution in [2.45, 2.75) is 38.8 Å². The molecule has 1 unspecified atom stereocenters. The van der Waals surface area contributed by atoms with Crippen molar-refractivity contribution >= 4 is 54.5 Å². The average Bonchev–Trinajstić information content (AvgIpc) is 3.37. The van der Waals surface area contributed by atoms with Crippen LogP contribution in [-0.2, 0) is 29.6 Å². The van der Waals surface area contributed by atoms with Crippen LogP contribution in [0.15, 0.2) is 24.3 Å². The number of nitrogens with one attached hydrogen (secondary N) is 3. The largest absolute Gasteiger partial charge is 0.446 e. The van der Waals surface area contributed by atoms with E-state index in [0.717, 1.165) is 35.8 Å². The number of alkyl carbamates (subject to hydrolysis) is 2. The van der Waals surface area contributed by atoms with Gasteiger partial charge >= 0.3 is 20.8 Å². The summed E-state index contributed by atoms with van der Waals surface area (Å²) in [7, 11) is 0.847. The van der Waals surface area contributed by atoms with Crippen LogP contribution in [0.25, 0.3) is 21.9 Å². The first-order chi connectivity index (χ1) is 20.4. The first-order valence-electron chi connectivity index (χ1n) is 13.5. The van der Waals surface area contributed by atoms with Crippen LogP contribution < -0.4 is 21.7 Å². The van der Waals surface area contributed by atoms with E-state index in [4.69, 9.17) is 39.0 Å². The molecule has 42 heavy (non-hydrogen) atoms. The maximum atomic E-state index is 11.8. The highest BCUT2D eigenvalue weighted by Crippen LogP contribution is 2.40. The van der Waals surface area contributed by atoms with Gasteiger partial charge in [-0.25, -0.2) is 19.6 Å². The Labute approximate surface area is 245 Å². The fourth-order valence-corrected chi connectivity index (χ4v) is 4.77. The molecule has 0 bridgehead atoms. The highest BCUT2D eigenvalue weighted by Gasteiger charge is 2.22. The Morgan fingerprint density at radius 1 is 1.10 bits per heavy atom. The first kappa shape index (κ1) is 32.6. The molecule has 2 heterocycles. The quantitative estimate of drug-likeness (QED) is 0.129. The number of aromatic nitrogens is 3. The number of nitrogens with zero attached hydrogens (tertiary/aromatic N) is 4. The van der Waals surface area contributed by atoms with E-state index in [1.165, 1.54) is 14.1 Å². The predicted octanol–water partition coefficient (Wildman–Crippen LogP) is 3.65. The van der Waals surface area contributed by atoms with Gasteiger partial charge < -0.3 is 49.3 Å². The van der Waals surface area contributed by atoms with E-state index in [-0.39, 0.29) is 32.8 Å². The Morgan fingerprint density at radius 2 is 1.86 bits per heavy atom. The molecule has 0 spiro atoms. The Balaban J connectivity index is 1.77. The molecular weight excluding hydrogens is 567 g/mol. The lowest BCUT2D eigenvalue weighted by molar-refractivity contribution is 0.0145. The van der Waals surface area contributed by atoms with Crippen LogP contribution in [0.1, 0.15) is 26.2 Å². The number of ether oxygens (including phenoxy) is 2. The molecule has 3 aromatic rings. The van der Waals surface area contributed by atoms with Gasteiger partial charge in [0.25, 0.3) is 0 Å². The Kier molecular flexibility index (Phi) is 13.3. The van der Waals surface area contributed by atoms with Gasteiger partial charge in [0.1, 0.15) is 12.1 Å². The minimum Gasteiger partial charge on any atom is -0.446 e. The molecule has 2 atom stereocenters. The number of imidazole rings is 1. The molecule has 1 aromatic carbocycles. The second-order valence-corrected chi connectivity index (χ2v) is 10.0. The number of benzene rings is 1. The van der Waals surface area contributed by atoms with Crippen molar-refractivity contribution in [2.75, 3.05) is 58.1 Å². The van der Waals surface area contributed by atoms with E-state index in [2.05, 4.69) is 27.9 Å². The van der Waals surface area contributed by atoms with Crippen molar-refractivity contribution in [2.24, 2.45) is 0 Å². The van der Waals surface area contributed by atoms with Crippen molar-refractivity contribution in [3.05, 3.63) is 24.3 Å². The molecule has 5 N–H and O–H groups in total. The standard InChI is InChI=1S/C26H37N8O7P/c1-4-5-12-31-24-33-21-22(19-9-6-7-10-20(19)32-23(21)28)34(24)13-15-39-42(38-14-8-11-27)40-17-18(41-26(36)30-3)16-37-25(35)29-2/h6-7,9-10,18H,4-5,8,12-17H2,1-3H3,(H2,28,32)(H,29,35)(H,30,36)(H,31,33)/t18-,42?/m1/s1. The van der Waals surface area contributed by atoms with E-state index in [1.807, 2.05) is 34.9 Å². The second-order valence-electron chi connectivity index (χ2n) is 8.80. The van der Waals surface area contributed by atoms with Gasteiger partial charge in [-0.05, 0) is 12.5 Å². The van der Waals surface area contributed by atoms with E-state index in [0.29, 0.717) is 23.8 Å². The van der Waals surface area contributed by atoms with Crippen molar-refractivity contribution < 1.29 is 32.6 Å². The third-order valence-electron chi connectivity index (χ3n) is 5.79. The SMILES string of the molecule is CCCCNc1nc2c(N)nc3ccccc3c2n1CCOP(OCCC#N)OC[C@@H](COC(=O)NC)OC(=O)NC. The first-order valence-corrected chi connectivity index (χ1v) is 14.6. The van der Waals surface area contributed by atoms with Crippen LogP contribution in [0, 0.1) is 11.3 Å². The van der Waals surface area contributed by atoms with Gasteiger partial charge in [0.15, 0.2) is 11.9 Å². The Bertz CT molecular complexity index is 1370. The van der Waals surface area contributed by atoms with Crippen molar-refractivity contribution in [1.29, 1.82) is 5.26 Å². The topological polar surface area (TPSA) is 197 Å². The molecule has 16 heteroatoms. The number of carbonyl (C=O) groups is 2. The summed E-state index contributed by atoms with van der Waals surface area (Å²) in [5.41, 5.74) is 8.44. The molecule has 0 saturated heterocycles. The summed E-state index contributed by atoms with van der Waals surface area (Å²) in [6.07, 6.45) is -0.255. The fraction of sp³-hybridized carbons (Fsp3) is 0.500. The lowest BCUT2D eigenvalue weighted by atomic mass is 10.2. The van der Waals surface area contributed by atoms with Crippen LogP contribution >= 0.6 is 8.60 Å². The lowest BCUT2D eigenvalue weighted by Gasteiger charge is -2.21. The molecule has 0 fully saturated rings. The molecule has 0 saturated carbocycles. The second kappa shape index (κ2) is 17.1. The van der Waals surface area contributed by atoms with E-state index in [9.17, 15) is 9.59 Å². The normalized spacial score (nSPS) is 12.4. The van der Waals surface area contributed by atoms with Crippen LogP contribution in [-0.4, -0.2) is 79.9 Å². The monoisotopic (exact) mass is 604 g/mol. The highest BCUT2D eigenvalue weighted by atomic mass is 31.2. The number of hydrogen-bond donors (Lipinski definition) is 4. The number of amides is 2. The van der Waals surface area contributed by atoms with Gasteiger partial charge in [-0.2, -0.15) is 5.26 Å². The van der Waals surface area contributed by atoms with Crippen LogP contribution in [0.3, 0.4) is 0 Å². The average molecular weight is 605 g/mol. The molecule has 0 aliphatic heterocycles. The van der Waals surface area contributed by atoms with Crippen LogP contribution in [0.5, 0.6) is 0 Å². The van der Waals surface area contributed by atoms with E-state index in [1.54, 1.807) is 0 Å². The van der Waals surface area contributed by atoms with Gasteiger partial charge in [-0.3, -0.25) is 0 Å². The summed E-state index contributed by atoms with van der Waals surface area (Å²) < 4.78 is 29.7. The van der Waals surface area contributed by atoms with E-state index >= 15 is 0 Å². The molecule has 2 aromatic heterocycles. The Morgan fingerprint density at radius 3 is 2.60 bits per heavy atom. The van der Waals surface area contributed by atoms with Gasteiger partial charge in [0.05, 0.1) is 49.9 Å². The molecule has 3 rings (SSSR count). The minimum atomic E-state index is -1.96. The van der Waals surface area contributed by atoms with Gasteiger partial charge in [-0.1, -0.05) is 31.5 Å². The van der Waals surface area contributed by atoms with Gasteiger partial charge in [0, 0.05) is 26.0 Å². The number of rotatable bonds is 17. The van der Waals surface area contributed by atoms with Gasteiger partial charge in [0.2, 0.25) is 5.95 Å². The summed E-state index contributed by atoms with van der Waals surface area (Å²) in [4.78, 5) is 32.5. The number of carbonyl (C=O) groups excluding carboxylic acids is 2. The predicted molar refractivity (Wildman–Crippen MR) is 158 cm³/mol. The smallest absolute Gasteiger partial charge is 0.407 e. The molecule has 2 amide bonds. The molecule has 0 aliphatic carbocycles. The molecule has 0 radical (unpaired) electrons. The highest BCUT2D eigenvalue weighted by molar-refractivity contribution is 7.41. The number of para-hydroxylation sites is 1. The summed E-state index contributed by atoms with van der Waals surface area (Å²) >= 11 is 0. The number of nitrogen functional groups attached to an aromatic ring is 1. The third kappa shape index (κ3) is 9.28. The van der Waals surface area contributed by atoms with Crippen LogP contribution in [0.2, 0.25) is 0 Å². The summed E-state index contributed by atoms with van der Waals surface area (Å²) in [6, 6.07) is 9.69. The number of unbranched alkanes of at least 4 members (excludes halogenated alkanes) is 1. The minimum absolute atomic E-state index is 0.0720. The zero-order valence-electron chi connectivity index (χ0n) is 23.9. The summed E-state index contributed by atoms with van der Waals surface area (Å²) in [6.45, 7) is 2.97. The number of anilines is 2. The molecule has 0 aliphatic rings. The zero-order chi connectivity index (χ0) is 30.3. The zero-order valence-corrected chi connectivity index (χ0v) is 24.8. The van der Waals surface area contributed by atoms with Crippen molar-refractivity contribution in [3.63, 3.8) is 0 Å². The number of pyridine rings is 1. The fourth-order valence-electron chi connectivity index (χ4n) is 3.78. The maximum absolute atomic E-state index is 11.8. The van der Waals surface area contributed by atoms with Crippen molar-refractivity contribution in [3.8, 4) is 6.07 Å². The van der Waals surface area contributed by atoms with Crippen molar-refractivity contribution in [1.82, 2.24) is 25.2 Å². The van der Waals surface area contributed by atoms with Crippen LogP contribution in [0.4, 0.5) is 21.4 Å². The lowest BCUT2D eigenvalue weighted by Crippen LogP contribution is -2.34. The number of nitrogens with two attached hydrogens (primary N) is 1. The van der Waals surface area contributed by atoms with E-state index < -0.39 is 26.9 Å². The molecular formula is C26H37N8O7P. The third-order valence-corrected chi connectivity index (χ3v) is 6.94. The molecule has 15 nitrogen and oxygen atoms in total. The Hall–Kier alpha value is -3.96. The number of fused-ring (bicyclic) bond motifs is 3. The summed E-state index contributed by atoms with van der Waals surface area (Å²) in [5, 5.41) is 17.9.